The lowest BCUT2D eigenvalue weighted by atomic mass is 10.0. The molecule has 4 aromatic rings. The highest BCUT2D eigenvalue weighted by molar-refractivity contribution is 6.25. The molecule has 1 aliphatic carbocycles. The van der Waals surface area contributed by atoms with Gasteiger partial charge in [-0.15, -0.1) is 0 Å². The number of nitrogens with two attached hydrogens (primary N) is 1. The van der Waals surface area contributed by atoms with Crippen molar-refractivity contribution in [2.75, 3.05) is 50.2 Å². The maximum absolute atomic E-state index is 14.8. The minimum atomic E-state index is -4.56. The second-order valence-electron chi connectivity index (χ2n) is 16.8. The number of nitrogen functional groups attached to an aromatic ring is 1. The molecule has 1 aromatic heterocycles. The van der Waals surface area contributed by atoms with Crippen molar-refractivity contribution in [3.05, 3.63) is 76.4 Å². The molecule has 0 bridgehead atoms. The number of nitrogens with one attached hydrogen (secondary N) is 3. The van der Waals surface area contributed by atoms with Crippen LogP contribution in [0.15, 0.2) is 42.5 Å². The summed E-state index contributed by atoms with van der Waals surface area (Å²) in [5, 5.41) is 9.05. The zero-order valence-corrected chi connectivity index (χ0v) is 35.9. The number of fused-ring (bicyclic) bond motifs is 2. The number of methoxy groups -OCH3 is 1. The van der Waals surface area contributed by atoms with Gasteiger partial charge in [-0.05, 0) is 87.9 Å². The van der Waals surface area contributed by atoms with E-state index >= 15 is 0 Å². The van der Waals surface area contributed by atoms with Crippen molar-refractivity contribution in [3.63, 3.8) is 0 Å². The highest BCUT2D eigenvalue weighted by atomic mass is 19.4. The molecule has 1 saturated heterocycles. The molecule has 2 fully saturated rings. The van der Waals surface area contributed by atoms with Crippen LogP contribution in [0, 0.1) is 18.2 Å². The van der Waals surface area contributed by atoms with Gasteiger partial charge in [0.2, 0.25) is 17.7 Å². The Kier molecular flexibility index (Phi) is 13.0. The number of imide groups is 2. The predicted octanol–water partition coefficient (Wildman–Crippen LogP) is 6.94. The first-order valence-electron chi connectivity index (χ1n) is 21.1. The van der Waals surface area contributed by atoms with Gasteiger partial charge >= 0.3 is 6.18 Å². The number of nitrogens with zero attached hydrogens (tertiary/aromatic N) is 4. The summed E-state index contributed by atoms with van der Waals surface area (Å²) in [4.78, 5) is 75.2. The molecular weight excluding hydrogens is 841 g/mol. The van der Waals surface area contributed by atoms with E-state index in [0.717, 1.165) is 48.8 Å². The molecule has 5 N–H and O–H groups in total. The highest BCUT2D eigenvalue weighted by Gasteiger charge is 2.47. The number of piperidine rings is 1. The molecule has 19 heteroatoms. The molecule has 5 amide bonds. The monoisotopic (exact) mass is 890 g/mol. The Morgan fingerprint density at radius 1 is 1.02 bits per heavy atom. The van der Waals surface area contributed by atoms with E-state index in [1.807, 2.05) is 0 Å². The number of halogens is 4. The van der Waals surface area contributed by atoms with Gasteiger partial charge in [-0.2, -0.15) is 13.2 Å². The molecule has 15 nitrogen and oxygen atoms in total. The van der Waals surface area contributed by atoms with E-state index in [4.69, 9.17) is 15.2 Å². The lowest BCUT2D eigenvalue weighted by Crippen LogP contribution is -2.54. The molecule has 7 rings (SSSR count). The van der Waals surface area contributed by atoms with Gasteiger partial charge in [0.1, 0.15) is 23.5 Å². The van der Waals surface area contributed by atoms with Gasteiger partial charge < -0.3 is 30.7 Å². The third kappa shape index (κ3) is 9.82. The second kappa shape index (κ2) is 18.3. The molecule has 2 unspecified atom stereocenters. The van der Waals surface area contributed by atoms with Crippen LogP contribution in [-0.2, 0) is 20.6 Å². The summed E-state index contributed by atoms with van der Waals surface area (Å²) in [6.07, 6.45) is 0.243. The number of amides is 5. The first kappa shape index (κ1) is 45.5. The number of aryl methyl sites for hydroxylation is 1. The van der Waals surface area contributed by atoms with Gasteiger partial charge in [0.15, 0.2) is 11.5 Å². The third-order valence-corrected chi connectivity index (χ3v) is 11.9. The number of carbonyl (C=O) groups excluding carboxylic acids is 5. The number of benzene rings is 3. The number of carbonyl (C=O) groups is 5. The van der Waals surface area contributed by atoms with Crippen LogP contribution in [0.3, 0.4) is 0 Å². The van der Waals surface area contributed by atoms with Crippen molar-refractivity contribution in [3.8, 4) is 11.5 Å². The predicted molar refractivity (Wildman–Crippen MR) is 228 cm³/mol. The number of ether oxygens (including phenoxy) is 2. The first-order chi connectivity index (χ1) is 30.4. The van der Waals surface area contributed by atoms with Gasteiger partial charge in [0.25, 0.3) is 11.8 Å². The Balaban J connectivity index is 0.888. The van der Waals surface area contributed by atoms with Gasteiger partial charge in [-0.25, -0.2) is 14.4 Å². The zero-order valence-electron chi connectivity index (χ0n) is 35.9. The van der Waals surface area contributed by atoms with Crippen LogP contribution >= 0.6 is 0 Å². The number of alkyl halides is 3. The van der Waals surface area contributed by atoms with Crippen molar-refractivity contribution < 1.29 is 51.0 Å². The van der Waals surface area contributed by atoms with Crippen molar-refractivity contribution >= 4 is 57.6 Å². The molecule has 340 valence electrons. The number of hydrogen-bond acceptors (Lipinski definition) is 12. The van der Waals surface area contributed by atoms with Crippen molar-refractivity contribution in [1.82, 2.24) is 25.1 Å². The Labute approximate surface area is 366 Å². The maximum Gasteiger partial charge on any atom is 0.416 e. The average Bonchev–Trinajstić information content (AvgIpc) is 3.95. The summed E-state index contributed by atoms with van der Waals surface area (Å²) in [5.74, 6) is -2.16. The number of hydrogen-bond donors (Lipinski definition) is 4. The standard InChI is InChI=1S/C45H50F4N8O7/c1-24(26-17-27(45(47,48)49)19-28(50)18-26)52-40-29-20-35(34(63-4)21-32(29)53-25(2)54-40)64-23-44(14-15-44)22-56(3)37(59)9-7-5-6-8-16-51-31-11-10-30(46)38-39(31)43(62)57(42(38)61)33-12-13-36(58)55-41(33)60/h10-11,17-21,24,33,51H,5-9,12-16,22-23,50H2,1-4H3,(H,52,53,54)(H,55,58,60). The maximum atomic E-state index is 14.8. The largest absolute Gasteiger partial charge is 0.493 e. The van der Waals surface area contributed by atoms with Crippen LogP contribution < -0.4 is 31.2 Å². The molecule has 3 aliphatic rings. The SMILES string of the molecule is COc1cc2nc(C)nc(NC(C)c3cc(N)cc(C(F)(F)F)c3)c2cc1OCC1(CN(C)C(=O)CCCCCCNc2ccc(F)c3c2C(=O)N(C2CCC(=O)NC2=O)C3=O)CC1. The Morgan fingerprint density at radius 2 is 1.75 bits per heavy atom. The molecule has 0 spiro atoms. The average molecular weight is 891 g/mol. The van der Waals surface area contributed by atoms with Crippen LogP contribution in [0.25, 0.3) is 10.9 Å². The molecule has 3 aromatic carbocycles. The Bertz CT molecular complexity index is 2510. The van der Waals surface area contributed by atoms with Crippen LogP contribution in [0.2, 0.25) is 0 Å². The summed E-state index contributed by atoms with van der Waals surface area (Å²) >= 11 is 0. The highest BCUT2D eigenvalue weighted by Crippen LogP contribution is 2.47. The van der Waals surface area contributed by atoms with E-state index in [0.29, 0.717) is 78.6 Å². The molecule has 64 heavy (non-hydrogen) atoms. The summed E-state index contributed by atoms with van der Waals surface area (Å²) in [5.41, 5.74) is 5.33. The fourth-order valence-corrected chi connectivity index (χ4v) is 8.23. The number of aromatic nitrogens is 2. The molecule has 2 atom stereocenters. The molecule has 0 radical (unpaired) electrons. The lowest BCUT2D eigenvalue weighted by Gasteiger charge is -2.27. The first-order valence-corrected chi connectivity index (χ1v) is 21.1. The topological polar surface area (TPSA) is 198 Å². The van der Waals surface area contributed by atoms with Crippen LogP contribution in [-0.4, -0.2) is 89.2 Å². The van der Waals surface area contributed by atoms with E-state index in [1.54, 1.807) is 37.9 Å². The van der Waals surface area contributed by atoms with Gasteiger partial charge in [-0.3, -0.25) is 34.2 Å². The van der Waals surface area contributed by atoms with Gasteiger partial charge in [0.05, 0.1) is 42.0 Å². The quantitative estimate of drug-likeness (QED) is 0.0348. The van der Waals surface area contributed by atoms with Gasteiger partial charge in [0, 0.05) is 61.2 Å². The summed E-state index contributed by atoms with van der Waals surface area (Å²) < 4.78 is 67.5. The normalized spacial score (nSPS) is 17.2. The van der Waals surface area contributed by atoms with Crippen LogP contribution in [0.1, 0.15) is 108 Å². The minimum absolute atomic E-state index is 0.00168. The van der Waals surface area contributed by atoms with E-state index < -0.39 is 58.8 Å². The number of unbranched alkanes of at least 4 members (excludes halogenated alkanes) is 3. The molecule has 1 saturated carbocycles. The van der Waals surface area contributed by atoms with Gasteiger partial charge in [-0.1, -0.05) is 12.8 Å². The van der Waals surface area contributed by atoms with E-state index in [1.165, 1.54) is 19.2 Å². The van der Waals surface area contributed by atoms with Crippen molar-refractivity contribution in [2.24, 2.45) is 5.41 Å². The number of rotatable bonds is 18. The fourth-order valence-electron chi connectivity index (χ4n) is 8.23. The number of anilines is 3. The third-order valence-electron chi connectivity index (χ3n) is 11.9. The lowest BCUT2D eigenvalue weighted by molar-refractivity contribution is -0.138. The smallest absolute Gasteiger partial charge is 0.416 e. The Morgan fingerprint density at radius 3 is 2.45 bits per heavy atom. The van der Waals surface area contributed by atoms with Crippen molar-refractivity contribution in [1.29, 1.82) is 0 Å². The van der Waals surface area contributed by atoms with E-state index in [-0.39, 0.29) is 41.1 Å². The summed E-state index contributed by atoms with van der Waals surface area (Å²) in [7, 11) is 3.29. The molecular formula is C45H50F4N8O7. The van der Waals surface area contributed by atoms with Crippen molar-refractivity contribution in [2.45, 2.75) is 89.9 Å². The van der Waals surface area contributed by atoms with E-state index in [9.17, 15) is 41.5 Å². The second-order valence-corrected chi connectivity index (χ2v) is 16.8. The van der Waals surface area contributed by atoms with Crippen LogP contribution in [0.5, 0.6) is 11.5 Å². The van der Waals surface area contributed by atoms with Crippen LogP contribution in [0.4, 0.5) is 34.8 Å². The summed E-state index contributed by atoms with van der Waals surface area (Å²) in [6.45, 7) is 4.63. The Hall–Kier alpha value is -6.53. The zero-order chi connectivity index (χ0) is 46.1. The minimum Gasteiger partial charge on any atom is -0.493 e. The fraction of sp³-hybridized carbons (Fsp3) is 0.444. The van der Waals surface area contributed by atoms with E-state index in [2.05, 4.69) is 25.9 Å². The molecule has 3 heterocycles. The summed E-state index contributed by atoms with van der Waals surface area (Å²) in [6, 6.07) is 7.58. The molecule has 2 aliphatic heterocycles.